The summed E-state index contributed by atoms with van der Waals surface area (Å²) in [5.41, 5.74) is 2.63. The van der Waals surface area contributed by atoms with Gasteiger partial charge in [-0.2, -0.15) is 0 Å². The second-order valence-electron chi connectivity index (χ2n) is 4.44. The zero-order chi connectivity index (χ0) is 10.8. The minimum Gasteiger partial charge on any atom is -0.422 e. The van der Waals surface area contributed by atoms with E-state index in [0.717, 1.165) is 10.5 Å². The molecule has 0 amide bonds. The van der Waals surface area contributed by atoms with Crippen LogP contribution in [0.4, 0.5) is 0 Å². The van der Waals surface area contributed by atoms with E-state index in [-0.39, 0.29) is 5.60 Å². The highest BCUT2D eigenvalue weighted by atomic mass is 28.2. The summed E-state index contributed by atoms with van der Waals surface area (Å²) in [5, 5.41) is 0. The molecule has 0 heterocycles. The third-order valence-corrected chi connectivity index (χ3v) is 4.20. The van der Waals surface area contributed by atoms with Gasteiger partial charge >= 0.3 is 0 Å². The molecule has 0 aliphatic carbocycles. The van der Waals surface area contributed by atoms with Crippen LogP contribution in [-0.2, 0) is 4.43 Å². The average Bonchev–Trinajstić information content (AvgIpc) is 2.18. The van der Waals surface area contributed by atoms with Crippen LogP contribution >= 0.6 is 0 Å². The van der Waals surface area contributed by atoms with Crippen LogP contribution < -0.4 is 0 Å². The minimum atomic E-state index is -0.0402. The van der Waals surface area contributed by atoms with Crippen molar-refractivity contribution >= 4 is 10.5 Å². The van der Waals surface area contributed by atoms with E-state index in [4.69, 9.17) is 4.43 Å². The lowest BCUT2D eigenvalue weighted by Gasteiger charge is -2.31. The molecule has 0 fully saturated rings. The summed E-state index contributed by atoms with van der Waals surface area (Å²) >= 11 is 0. The first-order valence-corrected chi connectivity index (χ1v) is 5.90. The summed E-state index contributed by atoms with van der Waals surface area (Å²) in [7, 11) is 0.795. The topological polar surface area (TPSA) is 9.23 Å². The average molecular weight is 208 g/mol. The molecule has 0 spiro atoms. The molecule has 1 rings (SSSR count). The predicted octanol–water partition coefficient (Wildman–Crippen LogP) is 2.17. The second-order valence-corrected chi connectivity index (χ2v) is 4.85. The number of hydrogen-bond donors (Lipinski definition) is 0. The van der Waals surface area contributed by atoms with Gasteiger partial charge in [-0.05, 0) is 26.3 Å². The van der Waals surface area contributed by atoms with Gasteiger partial charge < -0.3 is 4.43 Å². The first-order chi connectivity index (χ1) is 6.47. The van der Waals surface area contributed by atoms with Crippen molar-refractivity contribution in [1.82, 2.24) is 0 Å². The quantitative estimate of drug-likeness (QED) is 0.692. The van der Waals surface area contributed by atoms with E-state index < -0.39 is 0 Å². The van der Waals surface area contributed by atoms with E-state index in [1.54, 1.807) is 0 Å². The normalized spacial score (nSPS) is 14.3. The van der Waals surface area contributed by atoms with Crippen molar-refractivity contribution in [3.63, 3.8) is 0 Å². The van der Waals surface area contributed by atoms with Crippen LogP contribution in [-0.4, -0.2) is 16.1 Å². The van der Waals surface area contributed by atoms with E-state index >= 15 is 0 Å². The standard InChI is InChI=1S/C12H20OSi/c1-9-5-7-11(8-6-9)10(2)12(3,4)13-14/h5-8,10H,1-4,14H3. The minimum absolute atomic E-state index is 0.0402. The number of aryl methyl sites for hydroxylation is 1. The van der Waals surface area contributed by atoms with E-state index in [0.29, 0.717) is 5.92 Å². The molecule has 0 radical (unpaired) electrons. The van der Waals surface area contributed by atoms with Crippen LogP contribution in [0.5, 0.6) is 0 Å². The molecule has 0 aliphatic rings. The molecular weight excluding hydrogens is 188 g/mol. The van der Waals surface area contributed by atoms with Crippen molar-refractivity contribution in [3.8, 4) is 0 Å². The van der Waals surface area contributed by atoms with Gasteiger partial charge in [0.2, 0.25) is 0 Å². The maximum atomic E-state index is 5.62. The van der Waals surface area contributed by atoms with Gasteiger partial charge in [-0.25, -0.2) is 0 Å². The van der Waals surface area contributed by atoms with Gasteiger partial charge in [0.25, 0.3) is 0 Å². The van der Waals surface area contributed by atoms with Crippen LogP contribution in [0.25, 0.3) is 0 Å². The number of rotatable bonds is 3. The van der Waals surface area contributed by atoms with Crippen LogP contribution in [0.15, 0.2) is 24.3 Å². The Balaban J connectivity index is 2.89. The first-order valence-electron chi connectivity index (χ1n) is 5.09. The largest absolute Gasteiger partial charge is 0.422 e. The smallest absolute Gasteiger partial charge is 0.146 e. The molecule has 0 N–H and O–H groups in total. The fourth-order valence-electron chi connectivity index (χ4n) is 1.43. The van der Waals surface area contributed by atoms with Gasteiger partial charge in [0.15, 0.2) is 0 Å². The van der Waals surface area contributed by atoms with Crippen LogP contribution in [0.2, 0.25) is 0 Å². The Morgan fingerprint density at radius 3 is 2.14 bits per heavy atom. The molecule has 14 heavy (non-hydrogen) atoms. The summed E-state index contributed by atoms with van der Waals surface area (Å²) in [5.74, 6) is 0.445. The molecule has 0 aliphatic heterocycles. The van der Waals surface area contributed by atoms with Crippen molar-refractivity contribution in [2.75, 3.05) is 0 Å². The highest BCUT2D eigenvalue weighted by Crippen LogP contribution is 2.29. The third-order valence-electron chi connectivity index (χ3n) is 3.15. The summed E-state index contributed by atoms with van der Waals surface area (Å²) in [6.07, 6.45) is 0. The molecule has 0 aromatic heterocycles. The van der Waals surface area contributed by atoms with Crippen molar-refractivity contribution in [2.24, 2.45) is 0 Å². The molecule has 1 atom stereocenters. The van der Waals surface area contributed by atoms with Gasteiger partial charge in [-0.3, -0.25) is 0 Å². The monoisotopic (exact) mass is 208 g/mol. The Bertz CT molecular complexity index is 290. The molecule has 1 aromatic carbocycles. The van der Waals surface area contributed by atoms with Crippen LogP contribution in [0.1, 0.15) is 37.8 Å². The fourth-order valence-corrected chi connectivity index (χ4v) is 1.79. The Morgan fingerprint density at radius 2 is 1.71 bits per heavy atom. The van der Waals surface area contributed by atoms with Gasteiger partial charge in [0, 0.05) is 5.92 Å². The lowest BCUT2D eigenvalue weighted by molar-refractivity contribution is 0.0961. The van der Waals surface area contributed by atoms with E-state index in [1.165, 1.54) is 11.1 Å². The van der Waals surface area contributed by atoms with E-state index in [2.05, 4.69) is 52.0 Å². The summed E-state index contributed by atoms with van der Waals surface area (Å²) in [6.45, 7) is 8.65. The molecule has 1 unspecified atom stereocenters. The zero-order valence-electron chi connectivity index (χ0n) is 9.79. The van der Waals surface area contributed by atoms with Crippen LogP contribution in [0.3, 0.4) is 0 Å². The molecule has 78 valence electrons. The highest BCUT2D eigenvalue weighted by molar-refractivity contribution is 5.98. The maximum absolute atomic E-state index is 5.62. The van der Waals surface area contributed by atoms with Gasteiger partial charge in [0.05, 0.1) is 5.60 Å². The summed E-state index contributed by atoms with van der Waals surface area (Å²) < 4.78 is 5.62. The summed E-state index contributed by atoms with van der Waals surface area (Å²) in [6, 6.07) is 8.72. The third kappa shape index (κ3) is 2.46. The molecular formula is C12H20OSi. The Kier molecular flexibility index (Phi) is 3.51. The van der Waals surface area contributed by atoms with Crippen molar-refractivity contribution in [2.45, 2.75) is 39.2 Å². The van der Waals surface area contributed by atoms with Gasteiger partial charge in [-0.15, -0.1) is 0 Å². The molecule has 0 saturated heterocycles. The van der Waals surface area contributed by atoms with Crippen molar-refractivity contribution in [1.29, 1.82) is 0 Å². The Morgan fingerprint density at radius 1 is 1.21 bits per heavy atom. The van der Waals surface area contributed by atoms with Gasteiger partial charge in [0.1, 0.15) is 10.5 Å². The van der Waals surface area contributed by atoms with E-state index in [1.807, 2.05) is 0 Å². The molecule has 0 saturated carbocycles. The second kappa shape index (κ2) is 4.28. The fraction of sp³-hybridized carbons (Fsp3) is 0.500. The lowest BCUT2D eigenvalue weighted by atomic mass is 9.86. The zero-order valence-corrected chi connectivity index (χ0v) is 11.8. The summed E-state index contributed by atoms with van der Waals surface area (Å²) in [4.78, 5) is 0. The molecule has 0 bridgehead atoms. The predicted molar refractivity (Wildman–Crippen MR) is 64.7 cm³/mol. The number of hydrogen-bond acceptors (Lipinski definition) is 1. The van der Waals surface area contributed by atoms with Gasteiger partial charge in [-0.1, -0.05) is 36.8 Å². The van der Waals surface area contributed by atoms with Crippen LogP contribution in [0, 0.1) is 6.92 Å². The lowest BCUT2D eigenvalue weighted by Crippen LogP contribution is -2.30. The van der Waals surface area contributed by atoms with Crippen molar-refractivity contribution < 1.29 is 4.43 Å². The van der Waals surface area contributed by atoms with E-state index in [9.17, 15) is 0 Å². The molecule has 1 aromatic rings. The molecule has 1 nitrogen and oxygen atoms in total. The maximum Gasteiger partial charge on any atom is 0.146 e. The Labute approximate surface area is 90.0 Å². The van der Waals surface area contributed by atoms with Crippen molar-refractivity contribution in [3.05, 3.63) is 35.4 Å². The highest BCUT2D eigenvalue weighted by Gasteiger charge is 2.25. The molecule has 2 heteroatoms. The first kappa shape index (κ1) is 11.5. The number of benzene rings is 1. The SMILES string of the molecule is Cc1ccc(C(C)C(C)(C)O[SiH3])cc1. The Hall–Kier alpha value is -0.603.